The second kappa shape index (κ2) is 21.0. The van der Waals surface area contributed by atoms with Gasteiger partial charge in [-0.15, -0.1) is 0 Å². The lowest BCUT2D eigenvalue weighted by atomic mass is 9.76. The molecule has 4 rings (SSSR count). The summed E-state index contributed by atoms with van der Waals surface area (Å²) in [6.45, 7) is 16.4. The van der Waals surface area contributed by atoms with Gasteiger partial charge in [-0.1, -0.05) is 34.3 Å². The predicted octanol–water partition coefficient (Wildman–Crippen LogP) is 6.66. The van der Waals surface area contributed by atoms with Gasteiger partial charge in [0.25, 0.3) is 0 Å². The van der Waals surface area contributed by atoms with Crippen LogP contribution in [0.15, 0.2) is 51.6 Å². The van der Waals surface area contributed by atoms with Gasteiger partial charge in [0.15, 0.2) is 17.3 Å². The Hall–Kier alpha value is -3.93. The molecule has 11 nitrogen and oxygen atoms in total. The van der Waals surface area contributed by atoms with E-state index in [4.69, 9.17) is 24.1 Å². The zero-order chi connectivity index (χ0) is 35.7. The Morgan fingerprint density at radius 1 is 1.00 bits per heavy atom. The molecule has 46 heavy (non-hydrogen) atoms. The zero-order valence-electron chi connectivity index (χ0n) is 28.9. The lowest BCUT2D eigenvalue weighted by Gasteiger charge is -2.32. The summed E-state index contributed by atoms with van der Waals surface area (Å²) in [5.74, 6) is -0.0427. The van der Waals surface area contributed by atoms with Crippen LogP contribution < -0.4 is 14.9 Å². The number of aliphatic hydroxyl groups is 4. The number of allylic oxidation sites excluding steroid dienone is 1. The molecular weight excluding hydrogens is 596 g/mol. The SMILES string of the molecule is C=C(O)/C(=C\C)OC.CC.CC.CC(C)O.COc1cc2oc3cc(O)c(C4CC(O)CC(CO)C4)c(O)c3c(=O)c2cc1OC. The number of aliphatic hydroxyl groups excluding tert-OH is 4. The van der Waals surface area contributed by atoms with Gasteiger partial charge < -0.3 is 49.3 Å². The number of hydrogen-bond acceptors (Lipinski definition) is 11. The highest BCUT2D eigenvalue weighted by atomic mass is 16.5. The van der Waals surface area contributed by atoms with Gasteiger partial charge in [-0.05, 0) is 64.0 Å². The van der Waals surface area contributed by atoms with Crippen LogP contribution in [0, 0.1) is 5.92 Å². The van der Waals surface area contributed by atoms with E-state index < -0.39 is 17.5 Å². The van der Waals surface area contributed by atoms with Crippen molar-refractivity contribution in [3.05, 3.63) is 58.2 Å². The van der Waals surface area contributed by atoms with Crippen LogP contribution >= 0.6 is 0 Å². The first-order valence-corrected chi connectivity index (χ1v) is 15.5. The Balaban J connectivity index is 0.00000106. The molecule has 1 aliphatic rings. The van der Waals surface area contributed by atoms with Crippen molar-refractivity contribution in [2.45, 2.75) is 85.9 Å². The van der Waals surface area contributed by atoms with Crippen molar-refractivity contribution in [1.29, 1.82) is 0 Å². The van der Waals surface area contributed by atoms with Gasteiger partial charge in [0.05, 0.1) is 32.8 Å². The standard InChI is InChI=1S/C22H24O8.C6H10O2.C3H8O.2C2H6/c1-28-16-6-13-15(8-17(16)29-2)30-18-7-14(25)19(22(27)20(18)21(13)26)11-3-10(9-23)4-12(24)5-11;1-4-6(8-3)5(2)7;1-3(2)4;2*1-2/h6-8,10-12,23-25,27H,3-5,9H2,1-2H3;4,7H,2H2,1,3H3;3-4H,1-2H3;2*1-2H3/b;6-4+;;;. The highest BCUT2D eigenvalue weighted by Gasteiger charge is 2.33. The van der Waals surface area contributed by atoms with Crippen LogP contribution in [-0.2, 0) is 4.74 Å². The van der Waals surface area contributed by atoms with E-state index in [2.05, 4.69) is 11.3 Å². The molecular formula is C35H54O11. The smallest absolute Gasteiger partial charge is 0.204 e. The molecule has 0 saturated heterocycles. The fourth-order valence-electron chi connectivity index (χ4n) is 4.92. The molecule has 1 heterocycles. The minimum absolute atomic E-state index is 0.0324. The van der Waals surface area contributed by atoms with Crippen LogP contribution in [0.25, 0.3) is 21.9 Å². The number of methoxy groups -OCH3 is 3. The summed E-state index contributed by atoms with van der Waals surface area (Å²) in [5.41, 5.74) is -0.0217. The normalized spacial score (nSPS) is 17.2. The van der Waals surface area contributed by atoms with Crippen molar-refractivity contribution >= 4 is 21.9 Å². The van der Waals surface area contributed by atoms with E-state index in [9.17, 15) is 25.2 Å². The molecule has 1 aliphatic carbocycles. The molecule has 0 spiro atoms. The summed E-state index contributed by atoms with van der Waals surface area (Å²) < 4.78 is 21.0. The molecule has 3 unspecified atom stereocenters. The third-order valence-electron chi connectivity index (χ3n) is 6.67. The third kappa shape index (κ3) is 11.1. The van der Waals surface area contributed by atoms with Crippen molar-refractivity contribution in [3.8, 4) is 23.0 Å². The molecule has 2 aromatic carbocycles. The molecule has 11 heteroatoms. The van der Waals surface area contributed by atoms with Crippen molar-refractivity contribution in [2.24, 2.45) is 5.92 Å². The third-order valence-corrected chi connectivity index (χ3v) is 6.67. The zero-order valence-corrected chi connectivity index (χ0v) is 28.9. The van der Waals surface area contributed by atoms with Crippen LogP contribution in [0.5, 0.6) is 23.0 Å². The first-order valence-electron chi connectivity index (χ1n) is 15.5. The van der Waals surface area contributed by atoms with E-state index in [1.165, 1.54) is 39.5 Å². The minimum atomic E-state index is -0.667. The second-order valence-electron chi connectivity index (χ2n) is 10.2. The molecule has 1 saturated carbocycles. The molecule has 260 valence electrons. The summed E-state index contributed by atoms with van der Waals surface area (Å²) in [7, 11) is 4.40. The van der Waals surface area contributed by atoms with Crippen molar-refractivity contribution < 1.29 is 49.3 Å². The van der Waals surface area contributed by atoms with Gasteiger partial charge in [0, 0.05) is 30.4 Å². The van der Waals surface area contributed by atoms with E-state index in [-0.39, 0.29) is 63.4 Å². The highest BCUT2D eigenvalue weighted by molar-refractivity contribution is 5.96. The van der Waals surface area contributed by atoms with Crippen LogP contribution in [0.1, 0.15) is 79.2 Å². The summed E-state index contributed by atoms with van der Waals surface area (Å²) in [6, 6.07) is 4.30. The first kappa shape index (κ1) is 42.1. The van der Waals surface area contributed by atoms with Crippen LogP contribution in [0.3, 0.4) is 0 Å². The monoisotopic (exact) mass is 650 g/mol. The number of fused-ring (bicyclic) bond motifs is 2. The molecule has 0 radical (unpaired) electrons. The van der Waals surface area contributed by atoms with E-state index in [1.807, 2.05) is 27.7 Å². The summed E-state index contributed by atoms with van der Waals surface area (Å²) in [4.78, 5) is 13.2. The quantitative estimate of drug-likeness (QED) is 0.0954. The van der Waals surface area contributed by atoms with E-state index >= 15 is 0 Å². The Kier molecular flexibility index (Phi) is 19.2. The minimum Gasteiger partial charge on any atom is -0.507 e. The Morgan fingerprint density at radius 2 is 1.54 bits per heavy atom. The van der Waals surface area contributed by atoms with Crippen LogP contribution in [0.2, 0.25) is 0 Å². The first-order chi connectivity index (χ1) is 21.8. The molecule has 0 amide bonds. The van der Waals surface area contributed by atoms with E-state index in [0.717, 1.165) is 0 Å². The van der Waals surface area contributed by atoms with Crippen molar-refractivity contribution in [3.63, 3.8) is 0 Å². The predicted molar refractivity (Wildman–Crippen MR) is 182 cm³/mol. The largest absolute Gasteiger partial charge is 0.507 e. The van der Waals surface area contributed by atoms with Crippen molar-refractivity contribution in [1.82, 2.24) is 0 Å². The lowest BCUT2D eigenvalue weighted by molar-refractivity contribution is 0.0642. The van der Waals surface area contributed by atoms with Crippen LogP contribution in [0.4, 0.5) is 0 Å². The topological polar surface area (TPSA) is 179 Å². The van der Waals surface area contributed by atoms with E-state index in [1.54, 1.807) is 26.8 Å². The number of ether oxygens (including phenoxy) is 3. The summed E-state index contributed by atoms with van der Waals surface area (Å²) in [5, 5.41) is 58.1. The maximum Gasteiger partial charge on any atom is 0.204 e. The van der Waals surface area contributed by atoms with Gasteiger partial charge in [-0.25, -0.2) is 0 Å². The van der Waals surface area contributed by atoms with Gasteiger partial charge >= 0.3 is 0 Å². The molecule has 1 fully saturated rings. The maximum atomic E-state index is 13.2. The highest BCUT2D eigenvalue weighted by Crippen LogP contribution is 2.46. The summed E-state index contributed by atoms with van der Waals surface area (Å²) in [6.07, 6.45) is 2.05. The maximum absolute atomic E-state index is 13.2. The molecule has 0 aliphatic heterocycles. The van der Waals surface area contributed by atoms with Gasteiger partial charge in [-0.2, -0.15) is 0 Å². The fraction of sp³-hybridized carbons (Fsp3) is 0.514. The number of aromatic hydroxyl groups is 2. The number of phenolic OH excluding ortho intramolecular Hbond substituents is 2. The number of hydrogen-bond donors (Lipinski definition) is 6. The Bertz CT molecular complexity index is 1450. The van der Waals surface area contributed by atoms with Crippen LogP contribution in [-0.4, -0.2) is 70.8 Å². The summed E-state index contributed by atoms with van der Waals surface area (Å²) >= 11 is 0. The Labute approximate surface area is 272 Å². The van der Waals surface area contributed by atoms with Gasteiger partial charge in [-0.3, -0.25) is 4.79 Å². The number of benzene rings is 2. The average molecular weight is 651 g/mol. The lowest BCUT2D eigenvalue weighted by Crippen LogP contribution is -2.27. The van der Waals surface area contributed by atoms with E-state index in [0.29, 0.717) is 36.5 Å². The Morgan fingerprint density at radius 3 is 1.98 bits per heavy atom. The molecule has 6 N–H and O–H groups in total. The van der Waals surface area contributed by atoms with Gasteiger partial charge in [0.2, 0.25) is 5.43 Å². The molecule has 3 aromatic rings. The van der Waals surface area contributed by atoms with Crippen molar-refractivity contribution in [2.75, 3.05) is 27.9 Å². The molecule has 3 atom stereocenters. The second-order valence-corrected chi connectivity index (χ2v) is 10.2. The van der Waals surface area contributed by atoms with Gasteiger partial charge in [0.1, 0.15) is 33.8 Å². The molecule has 0 bridgehead atoms. The number of rotatable bonds is 6. The molecule has 1 aromatic heterocycles. The fourth-order valence-corrected chi connectivity index (χ4v) is 4.92. The number of phenols is 2. The average Bonchev–Trinajstić information content (AvgIpc) is 3.02.